The molecule has 0 radical (unpaired) electrons. The maximum Gasteiger partial charge on any atom is 0.270 e. The summed E-state index contributed by atoms with van der Waals surface area (Å²) >= 11 is 1.60. The molecule has 0 bridgehead atoms. The molecule has 1 amide bonds. The van der Waals surface area contributed by atoms with Gasteiger partial charge in [-0.05, 0) is 55.9 Å². The van der Waals surface area contributed by atoms with Gasteiger partial charge in [-0.25, -0.2) is 9.97 Å². The summed E-state index contributed by atoms with van der Waals surface area (Å²) in [6, 6.07) is 3.84. The molecule has 3 aliphatic rings. The van der Waals surface area contributed by atoms with Crippen molar-refractivity contribution in [3.8, 4) is 5.88 Å². The van der Waals surface area contributed by atoms with Crippen molar-refractivity contribution in [2.75, 3.05) is 19.8 Å². The topological polar surface area (TPSA) is 73.3 Å². The van der Waals surface area contributed by atoms with E-state index in [9.17, 15) is 4.79 Å². The molecule has 1 saturated heterocycles. The van der Waals surface area contributed by atoms with Crippen molar-refractivity contribution in [2.45, 2.75) is 56.9 Å². The Morgan fingerprint density at radius 3 is 2.67 bits per heavy atom. The van der Waals surface area contributed by atoms with Gasteiger partial charge in [-0.3, -0.25) is 4.79 Å². The van der Waals surface area contributed by atoms with Crippen LogP contribution in [0.5, 0.6) is 5.88 Å². The van der Waals surface area contributed by atoms with Crippen molar-refractivity contribution in [2.24, 2.45) is 11.8 Å². The fourth-order valence-corrected chi connectivity index (χ4v) is 4.74. The predicted octanol–water partition coefficient (Wildman–Crippen LogP) is 4.49. The molecule has 6 nitrogen and oxygen atoms in total. The Balaban J connectivity index is 1.34. The van der Waals surface area contributed by atoms with E-state index in [1.54, 1.807) is 17.5 Å². The highest BCUT2D eigenvalue weighted by Crippen LogP contribution is 2.38. The second kappa shape index (κ2) is 9.02. The molecule has 1 aliphatic heterocycles. The Morgan fingerprint density at radius 1 is 1.17 bits per heavy atom. The van der Waals surface area contributed by atoms with Gasteiger partial charge in [0.15, 0.2) is 0 Å². The Labute approximate surface area is 181 Å². The first-order chi connectivity index (χ1) is 14.8. The smallest absolute Gasteiger partial charge is 0.270 e. The Hall–Kier alpha value is -1.99. The van der Waals surface area contributed by atoms with Crippen molar-refractivity contribution in [1.29, 1.82) is 0 Å². The van der Waals surface area contributed by atoms with Crippen LogP contribution < -0.4 is 10.1 Å². The lowest BCUT2D eigenvalue weighted by Gasteiger charge is -2.24. The first kappa shape index (κ1) is 19.9. The Bertz CT molecular complexity index is 859. The first-order valence-electron chi connectivity index (χ1n) is 11.2. The van der Waals surface area contributed by atoms with E-state index < -0.39 is 0 Å². The van der Waals surface area contributed by atoms with E-state index >= 15 is 0 Å². The van der Waals surface area contributed by atoms with Gasteiger partial charge < -0.3 is 14.8 Å². The van der Waals surface area contributed by atoms with E-state index in [-0.39, 0.29) is 11.9 Å². The normalized spacial score (nSPS) is 20.7. The fraction of sp³-hybridized carbons (Fsp3) is 0.609. The number of pyridine rings is 1. The number of hydrogen-bond acceptors (Lipinski definition) is 6. The van der Waals surface area contributed by atoms with Gasteiger partial charge in [-0.2, -0.15) is 0 Å². The number of carbonyl (C=O) groups is 1. The van der Waals surface area contributed by atoms with E-state index in [0.29, 0.717) is 35.9 Å². The van der Waals surface area contributed by atoms with Crippen LogP contribution in [-0.2, 0) is 4.74 Å². The van der Waals surface area contributed by atoms with Crippen LogP contribution in [0.4, 0.5) is 0 Å². The van der Waals surface area contributed by atoms with Crippen LogP contribution in [0.15, 0.2) is 23.7 Å². The molecule has 1 N–H and O–H groups in total. The van der Waals surface area contributed by atoms with Gasteiger partial charge >= 0.3 is 0 Å². The van der Waals surface area contributed by atoms with Crippen molar-refractivity contribution < 1.29 is 14.3 Å². The molecular formula is C23H29N3O3S. The number of hydrogen-bond donors (Lipinski definition) is 1. The number of carbonyl (C=O) groups excluding carboxylic acids is 1. The molecular weight excluding hydrogens is 398 g/mol. The molecule has 5 rings (SSSR count). The van der Waals surface area contributed by atoms with Gasteiger partial charge in [-0.1, -0.05) is 18.9 Å². The second-order valence-electron chi connectivity index (χ2n) is 8.81. The SMILES string of the molecule is O=C(N[C@@H](CC1CC1)c1nccs1)c1ccc(C2CCOCC2)c(OCC2CC2)n1. The highest BCUT2D eigenvalue weighted by atomic mass is 32.1. The summed E-state index contributed by atoms with van der Waals surface area (Å²) < 4.78 is 11.6. The lowest BCUT2D eigenvalue weighted by Crippen LogP contribution is -2.30. The summed E-state index contributed by atoms with van der Waals surface area (Å²) in [7, 11) is 0. The first-order valence-corrected chi connectivity index (χ1v) is 12.1. The maximum absolute atomic E-state index is 13.1. The van der Waals surface area contributed by atoms with Crippen molar-refractivity contribution in [1.82, 2.24) is 15.3 Å². The van der Waals surface area contributed by atoms with Crippen LogP contribution in [0.25, 0.3) is 0 Å². The average molecular weight is 428 g/mol. The number of rotatable bonds is 9. The quantitative estimate of drug-likeness (QED) is 0.638. The maximum atomic E-state index is 13.1. The van der Waals surface area contributed by atoms with Gasteiger partial charge in [0.25, 0.3) is 5.91 Å². The summed E-state index contributed by atoms with van der Waals surface area (Å²) in [5.74, 6) is 2.20. The van der Waals surface area contributed by atoms with E-state index in [2.05, 4.69) is 15.3 Å². The van der Waals surface area contributed by atoms with Gasteiger partial charge in [0.05, 0.1) is 12.6 Å². The van der Waals surface area contributed by atoms with Crippen LogP contribution >= 0.6 is 11.3 Å². The van der Waals surface area contributed by atoms with Crippen LogP contribution in [0.2, 0.25) is 0 Å². The standard InChI is InChI=1S/C23H29N3O3S/c27-21(25-20(13-15-1-2-15)23-24-9-12-30-23)19-6-5-18(17-7-10-28-11-8-17)22(26-19)29-14-16-3-4-16/h5-6,9,12,15-17,20H,1-4,7-8,10-11,13-14H2,(H,25,27)/t20-/m0/s1. The minimum atomic E-state index is -0.148. The van der Waals surface area contributed by atoms with Crippen molar-refractivity contribution >= 4 is 17.2 Å². The number of ether oxygens (including phenoxy) is 2. The molecule has 7 heteroatoms. The second-order valence-corrected chi connectivity index (χ2v) is 9.73. The predicted molar refractivity (Wildman–Crippen MR) is 115 cm³/mol. The third kappa shape index (κ3) is 5.01. The summed E-state index contributed by atoms with van der Waals surface area (Å²) in [4.78, 5) is 22.2. The van der Waals surface area contributed by atoms with Gasteiger partial charge in [0.1, 0.15) is 10.7 Å². The highest BCUT2D eigenvalue weighted by Gasteiger charge is 2.30. The molecule has 2 aromatic rings. The Kier molecular flexibility index (Phi) is 6.00. The zero-order valence-corrected chi connectivity index (χ0v) is 18.0. The molecule has 160 valence electrons. The Morgan fingerprint density at radius 2 is 1.97 bits per heavy atom. The van der Waals surface area contributed by atoms with E-state index in [1.807, 2.05) is 17.5 Å². The third-order valence-corrected chi connectivity index (χ3v) is 7.15. The molecule has 3 fully saturated rings. The van der Waals surface area contributed by atoms with E-state index in [1.165, 1.54) is 25.7 Å². The molecule has 30 heavy (non-hydrogen) atoms. The van der Waals surface area contributed by atoms with Crippen LogP contribution in [0.3, 0.4) is 0 Å². The molecule has 2 saturated carbocycles. The number of aromatic nitrogens is 2. The molecule has 0 spiro atoms. The number of amides is 1. The van der Waals surface area contributed by atoms with Crippen LogP contribution in [0, 0.1) is 11.8 Å². The van der Waals surface area contributed by atoms with E-state index in [4.69, 9.17) is 9.47 Å². The van der Waals surface area contributed by atoms with Gasteiger partial charge in [-0.15, -0.1) is 11.3 Å². The van der Waals surface area contributed by atoms with Crippen LogP contribution in [-0.4, -0.2) is 35.7 Å². The minimum Gasteiger partial charge on any atom is -0.477 e. The molecule has 2 aromatic heterocycles. The number of nitrogens with one attached hydrogen (secondary N) is 1. The van der Waals surface area contributed by atoms with Gasteiger partial charge in [0.2, 0.25) is 5.88 Å². The monoisotopic (exact) mass is 427 g/mol. The third-order valence-electron chi connectivity index (χ3n) is 6.26. The largest absolute Gasteiger partial charge is 0.477 e. The fourth-order valence-electron chi connectivity index (χ4n) is 4.04. The lowest BCUT2D eigenvalue weighted by atomic mass is 9.92. The molecule has 3 heterocycles. The number of nitrogens with zero attached hydrogens (tertiary/aromatic N) is 2. The molecule has 2 aliphatic carbocycles. The van der Waals surface area contributed by atoms with Crippen molar-refractivity contribution in [3.63, 3.8) is 0 Å². The molecule has 0 unspecified atom stereocenters. The van der Waals surface area contributed by atoms with E-state index in [0.717, 1.165) is 43.0 Å². The lowest BCUT2D eigenvalue weighted by molar-refractivity contribution is 0.0842. The number of thiazole rings is 1. The zero-order chi connectivity index (χ0) is 20.3. The van der Waals surface area contributed by atoms with Crippen molar-refractivity contribution in [3.05, 3.63) is 40.0 Å². The molecule has 1 atom stereocenters. The van der Waals surface area contributed by atoms with Gasteiger partial charge in [0, 0.05) is 30.4 Å². The molecule has 0 aromatic carbocycles. The summed E-state index contributed by atoms with van der Waals surface area (Å²) in [6.45, 7) is 2.23. The summed E-state index contributed by atoms with van der Waals surface area (Å²) in [5, 5.41) is 6.12. The average Bonchev–Trinajstić information content (AvgIpc) is 3.72. The van der Waals surface area contributed by atoms with Crippen LogP contribution in [0.1, 0.15) is 78.0 Å². The summed E-state index contributed by atoms with van der Waals surface area (Å²) in [5.41, 5.74) is 1.54. The zero-order valence-electron chi connectivity index (χ0n) is 17.2. The minimum absolute atomic E-state index is 0.0437. The highest BCUT2D eigenvalue weighted by molar-refractivity contribution is 7.09. The summed E-state index contributed by atoms with van der Waals surface area (Å²) in [6.07, 6.45) is 9.64.